The van der Waals surface area contributed by atoms with Crippen LogP contribution >= 0.6 is 0 Å². The lowest BCUT2D eigenvalue weighted by Crippen LogP contribution is -1.96. The van der Waals surface area contributed by atoms with Gasteiger partial charge in [-0.2, -0.15) is 0 Å². The third-order valence-electron chi connectivity index (χ3n) is 2.88. The molecule has 8 nitrogen and oxygen atoms in total. The summed E-state index contributed by atoms with van der Waals surface area (Å²) >= 11 is 0. The van der Waals surface area contributed by atoms with Gasteiger partial charge in [0.05, 0.1) is 19.8 Å². The molecule has 0 aliphatic carbocycles. The summed E-state index contributed by atoms with van der Waals surface area (Å²) in [7, 11) is 0. The van der Waals surface area contributed by atoms with Gasteiger partial charge in [0.1, 0.15) is 0 Å². The first kappa shape index (κ1) is 24.1. The summed E-state index contributed by atoms with van der Waals surface area (Å²) < 4.78 is 13.4. The number of carbonyl (C=O) groups is 4. The molecule has 0 aliphatic rings. The van der Waals surface area contributed by atoms with E-state index in [2.05, 4.69) is 14.2 Å². The van der Waals surface area contributed by atoms with Gasteiger partial charge in [-0.05, 0) is 25.7 Å². The third kappa shape index (κ3) is 28.1. The number of carbonyl (C=O) groups excluding carboxylic acids is 3. The van der Waals surface area contributed by atoms with E-state index >= 15 is 0 Å². The van der Waals surface area contributed by atoms with Gasteiger partial charge in [-0.15, -0.1) is 0 Å². The van der Waals surface area contributed by atoms with Crippen LogP contribution in [0, 0.1) is 0 Å². The van der Waals surface area contributed by atoms with Crippen LogP contribution in [-0.4, -0.2) is 50.3 Å². The zero-order valence-corrected chi connectivity index (χ0v) is 14.0. The third-order valence-corrected chi connectivity index (χ3v) is 2.88. The minimum absolute atomic E-state index is 0.141. The first-order chi connectivity index (χ1) is 11.7. The molecule has 0 aromatic carbocycles. The smallest absolute Gasteiger partial charge is 0.303 e. The van der Waals surface area contributed by atoms with Gasteiger partial charge >= 0.3 is 5.97 Å². The molecule has 0 bridgehead atoms. The molecule has 0 saturated heterocycles. The van der Waals surface area contributed by atoms with E-state index in [0.29, 0.717) is 52.1 Å². The molecule has 0 fully saturated rings. The number of hydrogen-bond donors (Lipinski definition) is 1. The normalized spacial score (nSPS) is 9.17. The molecule has 0 aliphatic heterocycles. The minimum Gasteiger partial charge on any atom is -0.481 e. The molecule has 0 unspecified atom stereocenters. The first-order valence-corrected chi connectivity index (χ1v) is 8.06. The molecule has 24 heavy (non-hydrogen) atoms. The van der Waals surface area contributed by atoms with Gasteiger partial charge < -0.3 is 19.3 Å². The predicted molar refractivity (Wildman–Crippen MR) is 85.2 cm³/mol. The van der Waals surface area contributed by atoms with Gasteiger partial charge in [0.25, 0.3) is 19.4 Å². The molecule has 0 spiro atoms. The van der Waals surface area contributed by atoms with Crippen LogP contribution in [0.5, 0.6) is 0 Å². The number of hydrogen-bond acceptors (Lipinski definition) is 7. The van der Waals surface area contributed by atoms with Crippen molar-refractivity contribution in [3.05, 3.63) is 0 Å². The Balaban J connectivity index is 0. The van der Waals surface area contributed by atoms with Gasteiger partial charge in [-0.1, -0.05) is 25.7 Å². The molecule has 0 amide bonds. The van der Waals surface area contributed by atoms with E-state index in [4.69, 9.17) is 5.11 Å². The SMILES string of the molecule is O=COCCCCC(=O)O.O=COCCCCCCCCOC=O. The zero-order chi connectivity index (χ0) is 18.3. The number of rotatable bonds is 17. The number of ether oxygens (including phenoxy) is 3. The average molecular weight is 348 g/mol. The van der Waals surface area contributed by atoms with Crippen molar-refractivity contribution in [1.29, 1.82) is 0 Å². The summed E-state index contributed by atoms with van der Waals surface area (Å²) in [5.74, 6) is -0.814. The van der Waals surface area contributed by atoms with Gasteiger partial charge in [0.2, 0.25) is 0 Å². The van der Waals surface area contributed by atoms with Crippen LogP contribution in [0.4, 0.5) is 0 Å². The number of carboxylic acid groups (broad SMARTS) is 1. The van der Waals surface area contributed by atoms with E-state index in [0.717, 1.165) is 38.5 Å². The minimum atomic E-state index is -0.814. The number of aliphatic carboxylic acids is 1. The van der Waals surface area contributed by atoms with E-state index in [1.807, 2.05) is 0 Å². The predicted octanol–water partition coefficient (Wildman–Crippen LogP) is 2.09. The van der Waals surface area contributed by atoms with Crippen molar-refractivity contribution >= 4 is 25.4 Å². The Kier molecular flexibility index (Phi) is 23.3. The summed E-state index contributed by atoms with van der Waals surface area (Å²) in [5, 5.41) is 8.16. The Morgan fingerprint density at radius 2 is 0.958 bits per heavy atom. The van der Waals surface area contributed by atoms with E-state index in [1.165, 1.54) is 0 Å². The molecule has 0 saturated carbocycles. The topological polar surface area (TPSA) is 116 Å². The maximum Gasteiger partial charge on any atom is 0.303 e. The summed E-state index contributed by atoms with van der Waals surface area (Å²) in [6.07, 6.45) is 7.64. The Morgan fingerprint density at radius 1 is 0.625 bits per heavy atom. The maximum absolute atomic E-state index is 9.92. The van der Waals surface area contributed by atoms with Crippen LogP contribution < -0.4 is 0 Å². The molecule has 0 atom stereocenters. The van der Waals surface area contributed by atoms with Crippen molar-refractivity contribution in [3.63, 3.8) is 0 Å². The maximum atomic E-state index is 9.92. The molecule has 0 radical (unpaired) electrons. The van der Waals surface area contributed by atoms with Crippen LogP contribution in [0.25, 0.3) is 0 Å². The van der Waals surface area contributed by atoms with Crippen molar-refractivity contribution < 1.29 is 38.5 Å². The Bertz CT molecular complexity index is 290. The monoisotopic (exact) mass is 348 g/mol. The molecule has 0 aromatic rings. The zero-order valence-electron chi connectivity index (χ0n) is 14.0. The highest BCUT2D eigenvalue weighted by atomic mass is 16.5. The van der Waals surface area contributed by atoms with Crippen molar-refractivity contribution in [3.8, 4) is 0 Å². The Morgan fingerprint density at radius 3 is 1.29 bits per heavy atom. The van der Waals surface area contributed by atoms with E-state index in [9.17, 15) is 19.2 Å². The number of unbranched alkanes of at least 4 members (excludes halogenated alkanes) is 6. The van der Waals surface area contributed by atoms with E-state index < -0.39 is 5.97 Å². The highest BCUT2D eigenvalue weighted by Gasteiger charge is 1.95. The summed E-state index contributed by atoms with van der Waals surface area (Å²) in [6, 6.07) is 0. The van der Waals surface area contributed by atoms with Crippen molar-refractivity contribution in [2.24, 2.45) is 0 Å². The van der Waals surface area contributed by atoms with Gasteiger partial charge in [-0.25, -0.2) is 0 Å². The van der Waals surface area contributed by atoms with Crippen LogP contribution in [0.3, 0.4) is 0 Å². The van der Waals surface area contributed by atoms with Crippen LogP contribution in [0.15, 0.2) is 0 Å². The Labute approximate surface area is 142 Å². The molecule has 8 heteroatoms. The molecular formula is C16H28O8. The Hall–Kier alpha value is -2.12. The molecule has 0 heterocycles. The first-order valence-electron chi connectivity index (χ1n) is 8.06. The average Bonchev–Trinajstić information content (AvgIpc) is 2.57. The molecular weight excluding hydrogens is 320 g/mol. The van der Waals surface area contributed by atoms with Crippen LogP contribution in [-0.2, 0) is 33.4 Å². The highest BCUT2D eigenvalue weighted by Crippen LogP contribution is 2.05. The summed E-state index contributed by atoms with van der Waals surface area (Å²) in [4.78, 5) is 39.0. The molecule has 140 valence electrons. The second-order valence-corrected chi connectivity index (χ2v) is 4.87. The van der Waals surface area contributed by atoms with Crippen molar-refractivity contribution in [2.45, 2.75) is 57.8 Å². The van der Waals surface area contributed by atoms with Gasteiger partial charge in [-0.3, -0.25) is 19.2 Å². The lowest BCUT2D eigenvalue weighted by Gasteiger charge is -2.00. The number of carboxylic acids is 1. The van der Waals surface area contributed by atoms with Crippen molar-refractivity contribution in [2.75, 3.05) is 19.8 Å². The summed E-state index contributed by atoms with van der Waals surface area (Å²) in [6.45, 7) is 2.70. The lowest BCUT2D eigenvalue weighted by molar-refractivity contribution is -0.137. The quantitative estimate of drug-likeness (QED) is 0.241. The van der Waals surface area contributed by atoms with Crippen molar-refractivity contribution in [1.82, 2.24) is 0 Å². The van der Waals surface area contributed by atoms with Gasteiger partial charge in [0.15, 0.2) is 0 Å². The second-order valence-electron chi connectivity index (χ2n) is 4.87. The van der Waals surface area contributed by atoms with E-state index in [1.54, 1.807) is 0 Å². The lowest BCUT2D eigenvalue weighted by atomic mass is 10.1. The van der Waals surface area contributed by atoms with E-state index in [-0.39, 0.29) is 6.42 Å². The van der Waals surface area contributed by atoms with Crippen LogP contribution in [0.1, 0.15) is 57.8 Å². The summed E-state index contributed by atoms with van der Waals surface area (Å²) in [5.41, 5.74) is 0. The fourth-order valence-corrected chi connectivity index (χ4v) is 1.68. The molecule has 0 rings (SSSR count). The fourth-order valence-electron chi connectivity index (χ4n) is 1.68. The van der Waals surface area contributed by atoms with Crippen LogP contribution in [0.2, 0.25) is 0 Å². The van der Waals surface area contributed by atoms with Gasteiger partial charge in [0, 0.05) is 6.42 Å². The fraction of sp³-hybridized carbons (Fsp3) is 0.750. The standard InChI is InChI=1S/C10H18O4.C6H10O4/c11-9-13-7-5-3-1-2-4-6-8-14-10-12;7-5-10-4-2-1-3-6(8)9/h9-10H,1-8H2;5H,1-4H2,(H,8,9). The largest absolute Gasteiger partial charge is 0.481 e. The molecule has 1 N–H and O–H groups in total. The highest BCUT2D eigenvalue weighted by molar-refractivity contribution is 5.66. The second kappa shape index (κ2) is 23.2. The molecule has 0 aromatic heterocycles.